The molecule has 2 aliphatic carbocycles. The van der Waals surface area contributed by atoms with Crippen molar-refractivity contribution in [3.05, 3.63) is 36.0 Å². The van der Waals surface area contributed by atoms with Crippen LogP contribution in [0.5, 0.6) is 0 Å². The number of hydrogen-bond acceptors (Lipinski definition) is 1. The molecule has 1 heterocycles. The maximum absolute atomic E-state index is 12.3. The number of amides is 1. The fraction of sp³-hybridized carbons (Fsp3) is 0.438. The quantitative estimate of drug-likeness (QED) is 0.865. The Kier molecular flexibility index (Phi) is 2.25. The highest BCUT2D eigenvalue weighted by Gasteiger charge is 2.53. The van der Waals surface area contributed by atoms with E-state index < -0.39 is 0 Å². The van der Waals surface area contributed by atoms with E-state index in [1.165, 1.54) is 25.7 Å². The van der Waals surface area contributed by atoms with Crippen molar-refractivity contribution in [2.45, 2.75) is 25.7 Å². The van der Waals surface area contributed by atoms with Crippen molar-refractivity contribution in [3.8, 4) is 0 Å². The smallest absolute Gasteiger partial charge is 0.251 e. The lowest BCUT2D eigenvalue weighted by molar-refractivity contribution is 0.0944. The summed E-state index contributed by atoms with van der Waals surface area (Å²) in [7, 11) is 0. The molecule has 19 heavy (non-hydrogen) atoms. The first-order valence-corrected chi connectivity index (χ1v) is 7.13. The molecule has 3 heteroatoms. The molecule has 0 saturated heterocycles. The van der Waals surface area contributed by atoms with Crippen LogP contribution in [-0.4, -0.2) is 17.4 Å². The third-order valence-electron chi connectivity index (χ3n) is 4.78. The number of rotatable bonds is 4. The average Bonchev–Trinajstić information content (AvgIpc) is 3.32. The zero-order chi connectivity index (χ0) is 12.9. The molecule has 2 N–H and O–H groups in total. The number of hydrogen-bond donors (Lipinski definition) is 2. The average molecular weight is 254 g/mol. The monoisotopic (exact) mass is 254 g/mol. The third-order valence-corrected chi connectivity index (χ3v) is 4.78. The molecular weight excluding hydrogens is 236 g/mol. The van der Waals surface area contributed by atoms with E-state index in [1.54, 1.807) is 0 Å². The summed E-state index contributed by atoms with van der Waals surface area (Å²) in [6.07, 6.45) is 7.21. The summed E-state index contributed by atoms with van der Waals surface area (Å²) in [4.78, 5) is 15.5. The van der Waals surface area contributed by atoms with Gasteiger partial charge in [-0.1, -0.05) is 6.07 Å². The second kappa shape index (κ2) is 3.86. The predicted octanol–water partition coefficient (Wildman–Crippen LogP) is 3.09. The first-order chi connectivity index (χ1) is 9.28. The van der Waals surface area contributed by atoms with Gasteiger partial charge >= 0.3 is 0 Å². The molecule has 0 aliphatic heterocycles. The van der Waals surface area contributed by atoms with Crippen LogP contribution in [0.25, 0.3) is 10.9 Å². The minimum Gasteiger partial charge on any atom is -0.361 e. The van der Waals surface area contributed by atoms with Crippen molar-refractivity contribution in [2.75, 3.05) is 6.54 Å². The van der Waals surface area contributed by atoms with E-state index in [0.717, 1.165) is 28.9 Å². The number of aromatic nitrogens is 1. The number of carbonyl (C=O) groups excluding carboxylic acids is 1. The topological polar surface area (TPSA) is 44.9 Å². The number of nitrogens with one attached hydrogen (secondary N) is 2. The van der Waals surface area contributed by atoms with Gasteiger partial charge in [0.25, 0.3) is 5.91 Å². The second-order valence-corrected chi connectivity index (χ2v) is 6.06. The Labute approximate surface area is 112 Å². The first kappa shape index (κ1) is 11.1. The highest BCUT2D eigenvalue weighted by atomic mass is 16.1. The summed E-state index contributed by atoms with van der Waals surface area (Å²) < 4.78 is 0. The second-order valence-electron chi connectivity index (χ2n) is 6.06. The first-order valence-electron chi connectivity index (χ1n) is 7.13. The number of benzene rings is 1. The van der Waals surface area contributed by atoms with E-state index in [4.69, 9.17) is 0 Å². The van der Waals surface area contributed by atoms with Crippen molar-refractivity contribution in [2.24, 2.45) is 11.3 Å². The van der Waals surface area contributed by atoms with Gasteiger partial charge < -0.3 is 10.3 Å². The van der Waals surface area contributed by atoms with Gasteiger partial charge in [0.1, 0.15) is 0 Å². The molecule has 1 amide bonds. The van der Waals surface area contributed by atoms with Crippen LogP contribution in [0.4, 0.5) is 0 Å². The number of carbonyl (C=O) groups is 1. The van der Waals surface area contributed by atoms with E-state index in [1.807, 2.05) is 30.5 Å². The maximum Gasteiger partial charge on any atom is 0.251 e. The lowest BCUT2D eigenvalue weighted by Crippen LogP contribution is -2.31. The standard InChI is InChI=1S/C16H18N2O/c19-15(18-10-16(7-8-16)11-4-5-11)13-2-1-3-14-12(13)6-9-17-14/h1-3,6,9,11,17H,4-5,7-8,10H2,(H,18,19). The molecule has 1 aromatic heterocycles. The zero-order valence-electron chi connectivity index (χ0n) is 10.9. The fourth-order valence-corrected chi connectivity index (χ4v) is 3.22. The molecule has 1 aromatic carbocycles. The SMILES string of the molecule is O=C(NCC1(C2CC2)CC1)c1cccc2[nH]ccc12. The van der Waals surface area contributed by atoms with Gasteiger partial charge in [-0.2, -0.15) is 0 Å². The molecule has 0 spiro atoms. The van der Waals surface area contributed by atoms with Crippen LogP contribution < -0.4 is 5.32 Å². The van der Waals surface area contributed by atoms with Crippen LogP contribution in [0, 0.1) is 11.3 Å². The Morgan fingerprint density at radius 2 is 2.16 bits per heavy atom. The van der Waals surface area contributed by atoms with Crippen LogP contribution in [-0.2, 0) is 0 Å². The Bertz CT molecular complexity index is 635. The van der Waals surface area contributed by atoms with Gasteiger partial charge in [0, 0.05) is 29.2 Å². The van der Waals surface area contributed by atoms with E-state index in [0.29, 0.717) is 5.41 Å². The third kappa shape index (κ3) is 1.84. The van der Waals surface area contributed by atoms with Crippen molar-refractivity contribution in [1.29, 1.82) is 0 Å². The number of H-pyrrole nitrogens is 1. The van der Waals surface area contributed by atoms with E-state index in [-0.39, 0.29) is 5.91 Å². The van der Waals surface area contributed by atoms with E-state index >= 15 is 0 Å². The molecule has 4 rings (SSSR count). The van der Waals surface area contributed by atoms with Crippen LogP contribution in [0.15, 0.2) is 30.5 Å². The molecule has 0 bridgehead atoms. The molecule has 2 aliphatic rings. The highest BCUT2D eigenvalue weighted by molar-refractivity contribution is 6.06. The van der Waals surface area contributed by atoms with Gasteiger partial charge in [0.15, 0.2) is 0 Å². The lowest BCUT2D eigenvalue weighted by atomic mass is 10.0. The minimum absolute atomic E-state index is 0.0668. The van der Waals surface area contributed by atoms with Crippen molar-refractivity contribution in [3.63, 3.8) is 0 Å². The van der Waals surface area contributed by atoms with Gasteiger partial charge in [0.2, 0.25) is 0 Å². The Balaban J connectivity index is 1.52. The fourth-order valence-electron chi connectivity index (χ4n) is 3.22. The van der Waals surface area contributed by atoms with E-state index in [9.17, 15) is 4.79 Å². The van der Waals surface area contributed by atoms with Crippen LogP contribution >= 0.6 is 0 Å². The van der Waals surface area contributed by atoms with E-state index in [2.05, 4.69) is 10.3 Å². The van der Waals surface area contributed by atoms with Crippen molar-refractivity contribution < 1.29 is 4.79 Å². The summed E-state index contributed by atoms with van der Waals surface area (Å²) >= 11 is 0. The van der Waals surface area contributed by atoms with Gasteiger partial charge in [-0.25, -0.2) is 0 Å². The molecule has 0 unspecified atom stereocenters. The van der Waals surface area contributed by atoms with Crippen LogP contribution in [0.2, 0.25) is 0 Å². The van der Waals surface area contributed by atoms with Crippen LogP contribution in [0.1, 0.15) is 36.0 Å². The van der Waals surface area contributed by atoms with Crippen LogP contribution in [0.3, 0.4) is 0 Å². The number of aromatic amines is 1. The summed E-state index contributed by atoms with van der Waals surface area (Å²) in [6, 6.07) is 7.81. The van der Waals surface area contributed by atoms with Gasteiger partial charge in [-0.3, -0.25) is 4.79 Å². The Hall–Kier alpha value is -1.77. The Morgan fingerprint density at radius 3 is 2.89 bits per heavy atom. The molecule has 2 aromatic rings. The maximum atomic E-state index is 12.3. The molecular formula is C16H18N2O. The summed E-state index contributed by atoms with van der Waals surface area (Å²) in [6.45, 7) is 0.858. The normalized spacial score (nSPS) is 20.4. The number of fused-ring (bicyclic) bond motifs is 1. The predicted molar refractivity (Wildman–Crippen MR) is 75.0 cm³/mol. The molecule has 2 saturated carbocycles. The summed E-state index contributed by atoms with van der Waals surface area (Å²) in [5, 5.41) is 4.16. The van der Waals surface area contributed by atoms with Gasteiger partial charge in [-0.15, -0.1) is 0 Å². The molecule has 0 radical (unpaired) electrons. The zero-order valence-corrected chi connectivity index (χ0v) is 10.9. The molecule has 98 valence electrons. The Morgan fingerprint density at radius 1 is 1.32 bits per heavy atom. The van der Waals surface area contributed by atoms with Crippen molar-refractivity contribution in [1.82, 2.24) is 10.3 Å². The largest absolute Gasteiger partial charge is 0.361 e. The molecule has 0 atom stereocenters. The summed E-state index contributed by atoms with van der Waals surface area (Å²) in [5.74, 6) is 0.952. The minimum atomic E-state index is 0.0668. The highest BCUT2D eigenvalue weighted by Crippen LogP contribution is 2.60. The van der Waals surface area contributed by atoms with Gasteiger partial charge in [-0.05, 0) is 55.2 Å². The summed E-state index contributed by atoms with van der Waals surface area (Å²) in [5.41, 5.74) is 2.27. The molecule has 3 nitrogen and oxygen atoms in total. The molecule has 2 fully saturated rings. The van der Waals surface area contributed by atoms with Crippen molar-refractivity contribution >= 4 is 16.8 Å². The van der Waals surface area contributed by atoms with Gasteiger partial charge in [0.05, 0.1) is 0 Å². The lowest BCUT2D eigenvalue weighted by Gasteiger charge is -2.15.